The number of carbonyl (C=O) groups excluding carboxylic acids is 3. The first-order valence-corrected chi connectivity index (χ1v) is 9.36. The standard InChI is InChI=1S/C19H28N4O5/c1-3-28-19(26)20-9-8-18(25)22(2)14-17(24)21-15-4-6-16(7-5-15)23-10-12-27-13-11-23/h4-7H,3,8-14H2,1-2H3,(H,20,26)(H,21,24). The summed E-state index contributed by atoms with van der Waals surface area (Å²) < 4.78 is 10.1. The Morgan fingerprint density at radius 2 is 1.86 bits per heavy atom. The van der Waals surface area contributed by atoms with E-state index in [0.29, 0.717) is 18.9 Å². The third kappa shape index (κ3) is 7.07. The van der Waals surface area contributed by atoms with Gasteiger partial charge in [-0.05, 0) is 31.2 Å². The van der Waals surface area contributed by atoms with Crippen molar-refractivity contribution >= 4 is 29.3 Å². The van der Waals surface area contributed by atoms with Gasteiger partial charge in [-0.15, -0.1) is 0 Å². The fraction of sp³-hybridized carbons (Fsp3) is 0.526. The third-order valence-corrected chi connectivity index (χ3v) is 4.22. The Morgan fingerprint density at radius 1 is 1.18 bits per heavy atom. The molecule has 0 saturated carbocycles. The number of likely N-dealkylation sites (N-methyl/N-ethyl adjacent to an activating group) is 1. The first-order chi connectivity index (χ1) is 13.5. The molecule has 1 saturated heterocycles. The van der Waals surface area contributed by atoms with Gasteiger partial charge in [-0.1, -0.05) is 0 Å². The fourth-order valence-corrected chi connectivity index (χ4v) is 2.73. The third-order valence-electron chi connectivity index (χ3n) is 4.22. The van der Waals surface area contributed by atoms with Crippen molar-refractivity contribution in [1.82, 2.24) is 10.2 Å². The minimum atomic E-state index is -0.559. The van der Waals surface area contributed by atoms with Gasteiger partial charge in [0.15, 0.2) is 0 Å². The summed E-state index contributed by atoms with van der Waals surface area (Å²) in [4.78, 5) is 38.9. The highest BCUT2D eigenvalue weighted by atomic mass is 16.5. The highest BCUT2D eigenvalue weighted by Crippen LogP contribution is 2.19. The van der Waals surface area contributed by atoms with E-state index >= 15 is 0 Å². The summed E-state index contributed by atoms with van der Waals surface area (Å²) in [6.45, 7) is 5.20. The molecular formula is C19H28N4O5. The molecule has 0 bridgehead atoms. The zero-order valence-corrected chi connectivity index (χ0v) is 16.4. The number of nitrogens with zero attached hydrogens (tertiary/aromatic N) is 2. The number of hydrogen-bond acceptors (Lipinski definition) is 6. The van der Waals surface area contributed by atoms with Crippen molar-refractivity contribution < 1.29 is 23.9 Å². The molecular weight excluding hydrogens is 364 g/mol. The molecule has 28 heavy (non-hydrogen) atoms. The predicted molar refractivity (Wildman–Crippen MR) is 105 cm³/mol. The second-order valence-electron chi connectivity index (χ2n) is 6.34. The molecule has 2 rings (SSSR count). The molecule has 154 valence electrons. The maximum atomic E-state index is 12.2. The minimum absolute atomic E-state index is 0.0660. The van der Waals surface area contributed by atoms with Crippen LogP contribution in [0.25, 0.3) is 0 Å². The van der Waals surface area contributed by atoms with Crippen LogP contribution in [0.5, 0.6) is 0 Å². The molecule has 0 radical (unpaired) electrons. The summed E-state index contributed by atoms with van der Waals surface area (Å²) in [6.07, 6.45) is -0.465. The predicted octanol–water partition coefficient (Wildman–Crippen LogP) is 1.06. The molecule has 1 aromatic carbocycles. The summed E-state index contributed by atoms with van der Waals surface area (Å²) in [6, 6.07) is 7.59. The van der Waals surface area contributed by atoms with E-state index in [1.54, 1.807) is 14.0 Å². The van der Waals surface area contributed by atoms with E-state index in [-0.39, 0.29) is 37.9 Å². The Kier molecular flexibility index (Phi) is 8.54. The van der Waals surface area contributed by atoms with E-state index in [4.69, 9.17) is 9.47 Å². The summed E-state index contributed by atoms with van der Waals surface area (Å²) in [7, 11) is 1.55. The molecule has 9 heteroatoms. The molecule has 1 aromatic rings. The first-order valence-electron chi connectivity index (χ1n) is 9.36. The van der Waals surface area contributed by atoms with Gasteiger partial charge in [-0.2, -0.15) is 0 Å². The van der Waals surface area contributed by atoms with Gasteiger partial charge in [0, 0.05) is 44.5 Å². The quantitative estimate of drug-likeness (QED) is 0.686. The van der Waals surface area contributed by atoms with Crippen LogP contribution in [0, 0.1) is 0 Å². The van der Waals surface area contributed by atoms with Crippen LogP contribution in [0.3, 0.4) is 0 Å². The average molecular weight is 392 g/mol. The Balaban J connectivity index is 1.73. The van der Waals surface area contributed by atoms with E-state index in [0.717, 1.165) is 18.8 Å². The lowest BCUT2D eigenvalue weighted by atomic mass is 10.2. The highest BCUT2D eigenvalue weighted by Gasteiger charge is 2.14. The van der Waals surface area contributed by atoms with Crippen LogP contribution in [0.2, 0.25) is 0 Å². The first kappa shape index (κ1) is 21.5. The maximum absolute atomic E-state index is 12.2. The SMILES string of the molecule is CCOC(=O)NCCC(=O)N(C)CC(=O)Nc1ccc(N2CCOCC2)cc1. The van der Waals surface area contributed by atoms with Crippen molar-refractivity contribution in [3.63, 3.8) is 0 Å². The molecule has 2 N–H and O–H groups in total. The van der Waals surface area contributed by atoms with Crippen LogP contribution in [-0.2, 0) is 19.1 Å². The Labute approximate surface area is 165 Å². The number of morpholine rings is 1. The van der Waals surface area contributed by atoms with Crippen molar-refractivity contribution in [3.05, 3.63) is 24.3 Å². The van der Waals surface area contributed by atoms with E-state index < -0.39 is 6.09 Å². The summed E-state index contributed by atoms with van der Waals surface area (Å²) >= 11 is 0. The molecule has 1 aliphatic rings. The van der Waals surface area contributed by atoms with E-state index in [1.807, 2.05) is 24.3 Å². The number of benzene rings is 1. The number of hydrogen-bond donors (Lipinski definition) is 2. The Morgan fingerprint density at radius 3 is 2.50 bits per heavy atom. The topological polar surface area (TPSA) is 100 Å². The second-order valence-corrected chi connectivity index (χ2v) is 6.34. The molecule has 3 amide bonds. The molecule has 1 fully saturated rings. The number of amides is 3. The second kappa shape index (κ2) is 11.1. The van der Waals surface area contributed by atoms with Crippen LogP contribution in [0.15, 0.2) is 24.3 Å². The van der Waals surface area contributed by atoms with Crippen molar-refractivity contribution in [2.24, 2.45) is 0 Å². The maximum Gasteiger partial charge on any atom is 0.407 e. The molecule has 0 aromatic heterocycles. The van der Waals surface area contributed by atoms with Gasteiger partial charge in [0.1, 0.15) is 0 Å². The van der Waals surface area contributed by atoms with Crippen LogP contribution in [-0.4, -0.2) is 75.9 Å². The summed E-state index contributed by atoms with van der Waals surface area (Å²) in [5, 5.41) is 5.26. The molecule has 1 aliphatic heterocycles. The number of rotatable bonds is 8. The Hall–Kier alpha value is -2.81. The number of anilines is 2. The lowest BCUT2D eigenvalue weighted by molar-refractivity contribution is -0.133. The monoisotopic (exact) mass is 392 g/mol. The molecule has 1 heterocycles. The van der Waals surface area contributed by atoms with E-state index in [1.165, 1.54) is 4.90 Å². The van der Waals surface area contributed by atoms with Crippen LogP contribution in [0.1, 0.15) is 13.3 Å². The smallest absolute Gasteiger partial charge is 0.407 e. The highest BCUT2D eigenvalue weighted by molar-refractivity contribution is 5.94. The fourth-order valence-electron chi connectivity index (χ4n) is 2.73. The van der Waals surface area contributed by atoms with Crippen molar-refractivity contribution in [1.29, 1.82) is 0 Å². The van der Waals surface area contributed by atoms with E-state index in [9.17, 15) is 14.4 Å². The summed E-state index contributed by atoms with van der Waals surface area (Å²) in [5.41, 5.74) is 1.76. The average Bonchev–Trinajstić information content (AvgIpc) is 2.69. The lowest BCUT2D eigenvalue weighted by Crippen LogP contribution is -2.37. The molecule has 0 unspecified atom stereocenters. The van der Waals surface area contributed by atoms with Gasteiger partial charge >= 0.3 is 6.09 Å². The van der Waals surface area contributed by atoms with Crippen molar-refractivity contribution in [2.75, 3.05) is 63.3 Å². The van der Waals surface area contributed by atoms with Gasteiger partial charge in [0.25, 0.3) is 0 Å². The number of alkyl carbamates (subject to hydrolysis) is 1. The lowest BCUT2D eigenvalue weighted by Gasteiger charge is -2.28. The van der Waals surface area contributed by atoms with Gasteiger partial charge in [-0.3, -0.25) is 9.59 Å². The van der Waals surface area contributed by atoms with E-state index in [2.05, 4.69) is 15.5 Å². The molecule has 9 nitrogen and oxygen atoms in total. The van der Waals surface area contributed by atoms with Crippen LogP contribution < -0.4 is 15.5 Å². The zero-order chi connectivity index (χ0) is 20.4. The normalized spacial score (nSPS) is 13.6. The number of carbonyl (C=O) groups is 3. The number of ether oxygens (including phenoxy) is 2. The van der Waals surface area contributed by atoms with Gasteiger partial charge < -0.3 is 29.9 Å². The largest absolute Gasteiger partial charge is 0.450 e. The minimum Gasteiger partial charge on any atom is -0.450 e. The molecule has 0 aliphatic carbocycles. The van der Waals surface area contributed by atoms with Crippen molar-refractivity contribution in [3.8, 4) is 0 Å². The molecule has 0 spiro atoms. The number of nitrogens with one attached hydrogen (secondary N) is 2. The van der Waals surface area contributed by atoms with Crippen LogP contribution >= 0.6 is 0 Å². The van der Waals surface area contributed by atoms with Crippen LogP contribution in [0.4, 0.5) is 16.2 Å². The Bertz CT molecular complexity index is 659. The van der Waals surface area contributed by atoms with Gasteiger partial charge in [0.2, 0.25) is 11.8 Å². The zero-order valence-electron chi connectivity index (χ0n) is 16.4. The van der Waals surface area contributed by atoms with Gasteiger partial charge in [0.05, 0.1) is 26.4 Å². The summed E-state index contributed by atoms with van der Waals surface area (Å²) in [5.74, 6) is -0.525. The van der Waals surface area contributed by atoms with Crippen molar-refractivity contribution in [2.45, 2.75) is 13.3 Å². The van der Waals surface area contributed by atoms with Gasteiger partial charge in [-0.25, -0.2) is 4.79 Å². The molecule has 0 atom stereocenters.